The van der Waals surface area contributed by atoms with E-state index in [1.165, 1.54) is 102 Å². The van der Waals surface area contributed by atoms with Crippen LogP contribution in [0.3, 0.4) is 0 Å². The number of nitro groups is 2. The van der Waals surface area contributed by atoms with E-state index in [0.29, 0.717) is 83.4 Å². The second-order valence-corrected chi connectivity index (χ2v) is 27.7. The summed E-state index contributed by atoms with van der Waals surface area (Å²) in [4.78, 5) is 172. The molecule has 4 amide bonds. The van der Waals surface area contributed by atoms with Gasteiger partial charge >= 0.3 is 59.5 Å². The van der Waals surface area contributed by atoms with Gasteiger partial charge in [-0.25, -0.2) is 19.4 Å². The number of nitrogens with one attached hydrogen (secondary N) is 3. The SMILES string of the molecule is CCOO[B-]OOC(C)OOCC.CN1CCN(C)CC1.CN1CCN2C(=O)c3ccccc3NC(=O)C2C1.CO.COC(=O)C1CN(C(=O)OC(C)(C)C)CCN1C.COC(=O)C1CN(C)CCN1.COC(=O)C1CN(C)CCN1C(=O)c1ccccc1[N+](=O)[O-].COC(=O)C1CNCCN1C.O=C(Cl)c1ccccc1[N+](=O)[O-].[CH3-].[Na+].[Pd]. The summed E-state index contributed by atoms with van der Waals surface area (Å²) >= 11 is 5.11. The number of aliphatic hydroxyl groups is 1. The van der Waals surface area contributed by atoms with Gasteiger partial charge in [-0.05, 0) is 127 Å². The molecule has 7 heterocycles. The fourth-order valence-corrected chi connectivity index (χ4v) is 11.4. The summed E-state index contributed by atoms with van der Waals surface area (Å²) in [6.45, 7) is 26.2. The van der Waals surface area contributed by atoms with Crippen LogP contribution in [-0.2, 0) is 97.2 Å². The first-order chi connectivity index (χ1) is 54.6. The number of rotatable bonds is 17. The van der Waals surface area contributed by atoms with Crippen LogP contribution in [0.2, 0.25) is 0 Å². The van der Waals surface area contributed by atoms with E-state index in [9.17, 15) is 63.4 Å². The zero-order chi connectivity index (χ0) is 86.5. The van der Waals surface area contributed by atoms with E-state index >= 15 is 0 Å². The molecule has 4 N–H and O–H groups in total. The Morgan fingerprint density at radius 1 is 0.585 bits per heavy atom. The standard InChI is InChI=1S/C14H17N3O5.C13H15N3O2.C12H22N2O4.C7H4ClNO3.2C7H14N2O2.C6H14BO6.C6H14N2.CH4O.CH3.Na.Pd/c1-15-7-8-16(12(9-15)14(19)22-2)13(18)10-5-3-4-6-11(10)17(20)21;1-15-6-7-16-11(8-15)12(17)14-10-5-3-2-4-9(10)13(16)18;1-12(2,3)18-11(16)14-7-6-13(4)9(8-14)10(15)17-5;8-7(10)5-3-1-2-4-6(5)9(11)12;1-9-4-3-8-6(5-9)7(10)11-2;1-9-4-3-8-5-6(9)7(10)11-2;1-4-8-10-6(3)11-13-7-12-9-5-2;1-7-3-5-8(2)6-4-7;1-2;;;/h3-6,12H,7-9H2,1-2H3;2-5,11H,6-8H2,1H3,(H,14,17);9H,6-8H2,1-5H3;1-4H;2*6,8H,3-5H2,1-2H3;6H,4-5H2,1-3H3;3-6H2,1-2H3;2H,1H3;1H3;;/q;;;;;;-1;;;-1;+1;. The van der Waals surface area contributed by atoms with Gasteiger partial charge in [0.15, 0.2) is 0 Å². The summed E-state index contributed by atoms with van der Waals surface area (Å²) in [7, 11) is 21.3. The van der Waals surface area contributed by atoms with E-state index in [1.54, 1.807) is 48.8 Å². The molecule has 2 radical (unpaired) electrons. The number of anilines is 1. The predicted octanol–water partition coefficient (Wildman–Crippen LogP) is -0.596. The molecular formula is C74H121BClN15NaO25Pd-. The van der Waals surface area contributed by atoms with Gasteiger partial charge in [-0.15, -0.1) is 0 Å². The van der Waals surface area contributed by atoms with Crippen molar-refractivity contribution in [1.82, 2.24) is 59.6 Å². The second kappa shape index (κ2) is 61.4. The van der Waals surface area contributed by atoms with Crippen LogP contribution in [0.15, 0.2) is 72.8 Å². The van der Waals surface area contributed by atoms with Crippen molar-refractivity contribution < 1.29 is 161 Å². The number of methoxy groups -OCH3 is 4. The van der Waals surface area contributed by atoms with Gasteiger partial charge < -0.3 is 101 Å². The zero-order valence-electron chi connectivity index (χ0n) is 71.6. The van der Waals surface area contributed by atoms with Crippen molar-refractivity contribution in [2.24, 2.45) is 0 Å². The van der Waals surface area contributed by atoms with Crippen molar-refractivity contribution >= 4 is 89.3 Å². The number of amides is 4. The molecule has 10 rings (SSSR count). The molecule has 664 valence electrons. The Bertz CT molecular complexity index is 3470. The van der Waals surface area contributed by atoms with E-state index in [2.05, 4.69) is 88.3 Å². The van der Waals surface area contributed by atoms with E-state index in [4.69, 9.17) is 30.9 Å². The Kier molecular flexibility index (Phi) is 58.8. The molecule has 44 heteroatoms. The average Bonchev–Trinajstić information content (AvgIpc) is 1.53. The van der Waals surface area contributed by atoms with Gasteiger partial charge in [0.2, 0.25) is 12.2 Å². The first kappa shape index (κ1) is 113. The number of aliphatic hydroxyl groups excluding tert-OH is 1. The number of piperazine rings is 6. The van der Waals surface area contributed by atoms with E-state index < -0.39 is 50.9 Å². The minimum Gasteiger partial charge on any atom is -0.492 e. The van der Waals surface area contributed by atoms with Crippen LogP contribution in [0, 0.1) is 27.7 Å². The van der Waals surface area contributed by atoms with Gasteiger partial charge in [-0.3, -0.25) is 73.4 Å². The Labute approximate surface area is 733 Å². The number of hydrogen-bond donors (Lipinski definition) is 4. The summed E-state index contributed by atoms with van der Waals surface area (Å²) in [5.74, 6) is -1.86. The molecule has 0 spiro atoms. The molecule has 6 unspecified atom stereocenters. The molecule has 3 aromatic rings. The van der Waals surface area contributed by atoms with Crippen LogP contribution in [0.1, 0.15) is 72.6 Å². The van der Waals surface area contributed by atoms with Crippen LogP contribution in [-0.4, -0.2) is 389 Å². The van der Waals surface area contributed by atoms with Gasteiger partial charge in [0.05, 0.1) is 77.0 Å². The maximum absolute atomic E-state index is 12.7. The number of hydrogen-bond acceptors (Lipinski definition) is 34. The predicted molar refractivity (Wildman–Crippen MR) is 429 cm³/mol. The molecule has 0 aliphatic carbocycles. The largest absolute Gasteiger partial charge is 1.00 e. The second-order valence-electron chi connectivity index (χ2n) is 27.4. The number of benzene rings is 3. The third-order valence-corrected chi connectivity index (χ3v) is 17.9. The van der Waals surface area contributed by atoms with Crippen LogP contribution >= 0.6 is 11.6 Å². The fraction of sp³-hybridized carbons (Fsp3) is 0.622. The molecule has 6 fully saturated rings. The monoisotopic (exact) mass is 1790 g/mol. The van der Waals surface area contributed by atoms with Gasteiger partial charge in [-0.2, -0.15) is 0 Å². The number of likely N-dealkylation sites (N-methyl/N-ethyl adjacent to an activating group) is 7. The van der Waals surface area contributed by atoms with Gasteiger partial charge in [0, 0.05) is 157 Å². The molecule has 40 nitrogen and oxygen atoms in total. The normalized spacial score (nSPS) is 19.7. The van der Waals surface area contributed by atoms with Crippen LogP contribution in [0.25, 0.3) is 0 Å². The molecule has 0 saturated carbocycles. The average molecular weight is 1800 g/mol. The first-order valence-corrected chi connectivity index (χ1v) is 37.4. The Morgan fingerprint density at radius 3 is 1.60 bits per heavy atom. The molecule has 3 aromatic carbocycles. The quantitative estimate of drug-likeness (QED) is 0.0125. The zero-order valence-corrected chi connectivity index (χ0v) is 75.9. The Hall–Kier alpha value is -6.93. The topological polar surface area (TPSA) is 430 Å². The molecule has 118 heavy (non-hydrogen) atoms. The number of fused-ring (bicyclic) bond motifs is 2. The smallest absolute Gasteiger partial charge is 0.492 e. The number of halogens is 1. The van der Waals surface area contributed by atoms with Crippen LogP contribution in [0.5, 0.6) is 0 Å². The number of para-hydroxylation sites is 3. The van der Waals surface area contributed by atoms with Crippen molar-refractivity contribution in [2.75, 3.05) is 228 Å². The number of ether oxygens (including phenoxy) is 5. The molecule has 0 bridgehead atoms. The van der Waals surface area contributed by atoms with Gasteiger partial charge in [0.1, 0.15) is 46.9 Å². The molecular weight excluding hydrogens is 1670 g/mol. The van der Waals surface area contributed by atoms with Gasteiger partial charge in [0.25, 0.3) is 28.4 Å². The number of carbonyl (C=O) groups excluding carboxylic acids is 9. The maximum Gasteiger partial charge on any atom is 1.00 e. The maximum atomic E-state index is 12.7. The Balaban J connectivity index is 0. The summed E-state index contributed by atoms with van der Waals surface area (Å²) < 4.78 is 24.0. The number of carbonyl (C=O) groups is 9. The number of nitro benzene ring substituents is 2. The van der Waals surface area contributed by atoms with Crippen molar-refractivity contribution in [3.8, 4) is 0 Å². The van der Waals surface area contributed by atoms with Gasteiger partial charge in [-0.1, -0.05) is 36.4 Å². The van der Waals surface area contributed by atoms with E-state index in [1.807, 2.05) is 82.8 Å². The first-order valence-electron chi connectivity index (χ1n) is 37.0. The minimum atomic E-state index is -0.817. The van der Waals surface area contributed by atoms with Crippen LogP contribution in [0.4, 0.5) is 21.9 Å². The molecule has 7 aliphatic rings. The number of nitrogens with zero attached hydrogens (tertiary/aromatic N) is 12. The third-order valence-electron chi connectivity index (χ3n) is 17.6. The summed E-state index contributed by atoms with van der Waals surface area (Å²) in [5, 5.41) is 36.6. The van der Waals surface area contributed by atoms with Crippen molar-refractivity contribution in [1.29, 1.82) is 0 Å². The molecule has 0 aromatic heterocycles. The summed E-state index contributed by atoms with van der Waals surface area (Å²) in [6, 6.07) is 16.6. The Morgan fingerprint density at radius 2 is 1.08 bits per heavy atom. The van der Waals surface area contributed by atoms with E-state index in [0.717, 1.165) is 54.1 Å². The number of esters is 4. The summed E-state index contributed by atoms with van der Waals surface area (Å²) in [6.07, 6.45) is -1.02. The molecule has 6 atom stereocenters. The van der Waals surface area contributed by atoms with Crippen molar-refractivity contribution in [2.45, 2.75) is 83.6 Å². The fourth-order valence-electron chi connectivity index (χ4n) is 11.3. The summed E-state index contributed by atoms with van der Waals surface area (Å²) in [5.41, 5.74) is 0.0337. The van der Waals surface area contributed by atoms with Crippen LogP contribution < -0.4 is 45.5 Å². The minimum absolute atomic E-state index is 0. The van der Waals surface area contributed by atoms with Crippen molar-refractivity contribution in [3.63, 3.8) is 0 Å². The van der Waals surface area contributed by atoms with Crippen molar-refractivity contribution in [3.05, 3.63) is 117 Å². The molecule has 6 saturated heterocycles. The third kappa shape index (κ3) is 41.1. The van der Waals surface area contributed by atoms with E-state index in [-0.39, 0.29) is 134 Å². The molecule has 7 aliphatic heterocycles.